The van der Waals surface area contributed by atoms with Crippen molar-refractivity contribution in [1.29, 1.82) is 0 Å². The molecule has 6 heavy (non-hydrogen) atoms. The van der Waals surface area contributed by atoms with Crippen LogP contribution in [0.25, 0.3) is 0 Å². The molecule has 0 amide bonds. The van der Waals surface area contributed by atoms with Crippen LogP contribution in [0.1, 0.15) is 6.92 Å². The molecule has 0 saturated heterocycles. The van der Waals surface area contributed by atoms with Crippen LogP contribution in [0.5, 0.6) is 0 Å². The van der Waals surface area contributed by atoms with E-state index >= 15 is 0 Å². The first-order valence-electron chi connectivity index (χ1n) is 1.52. The van der Waals surface area contributed by atoms with Gasteiger partial charge in [0.25, 0.3) is 0 Å². The topological polar surface area (TPSA) is 0 Å². The fourth-order valence-electron chi connectivity index (χ4n) is 0.0976. The summed E-state index contributed by atoms with van der Waals surface area (Å²) in [5.41, 5.74) is 0. The molecular formula is C2H5Cl2PS. The maximum atomic E-state index is 5.37. The molecule has 0 aromatic carbocycles. The molecule has 0 nitrogen and oxygen atoms in total. The summed E-state index contributed by atoms with van der Waals surface area (Å²) in [6.07, 6.45) is 0. The van der Waals surface area contributed by atoms with Crippen LogP contribution >= 0.6 is 39.7 Å². The second kappa shape index (κ2) is 4.52. The van der Waals surface area contributed by atoms with E-state index in [-0.39, 0.29) is 0 Å². The van der Waals surface area contributed by atoms with Crippen LogP contribution in [-0.4, -0.2) is 5.75 Å². The zero-order valence-electron chi connectivity index (χ0n) is 3.32. The lowest BCUT2D eigenvalue weighted by Crippen LogP contribution is -1.50. The molecule has 0 aliphatic heterocycles. The van der Waals surface area contributed by atoms with Crippen molar-refractivity contribution >= 4 is 39.7 Å². The standard InChI is InChI=1S/C2H5Cl2PS/c1-2-6-5(3)4/h2H2,1H3. The van der Waals surface area contributed by atoms with Gasteiger partial charge in [0.05, 0.1) is 0 Å². The maximum absolute atomic E-state index is 5.37. The zero-order chi connectivity index (χ0) is 4.99. The van der Waals surface area contributed by atoms with Gasteiger partial charge < -0.3 is 0 Å². The SMILES string of the molecule is CCSP(Cl)Cl. The van der Waals surface area contributed by atoms with Gasteiger partial charge in [-0.15, -0.1) is 11.4 Å². The Labute approximate surface area is 52.7 Å². The van der Waals surface area contributed by atoms with Crippen molar-refractivity contribution in [3.63, 3.8) is 0 Å². The Bertz CT molecular complexity index is 32.7. The van der Waals surface area contributed by atoms with E-state index in [0.29, 0.717) is 0 Å². The summed E-state index contributed by atoms with van der Waals surface area (Å²) in [5.74, 6) is 0.273. The van der Waals surface area contributed by atoms with E-state index in [4.69, 9.17) is 22.5 Å². The normalized spacial score (nSPS) is 10.0. The fraction of sp³-hybridized carbons (Fsp3) is 1.00. The van der Waals surface area contributed by atoms with Gasteiger partial charge in [0.1, 0.15) is 5.83 Å². The van der Waals surface area contributed by atoms with Crippen LogP contribution in [0.2, 0.25) is 0 Å². The highest BCUT2D eigenvalue weighted by atomic mass is 35.9. The summed E-state index contributed by atoms with van der Waals surface area (Å²) >= 11 is 12.3. The third kappa shape index (κ3) is 5.36. The smallest absolute Gasteiger partial charge is 0.103 e. The average molecular weight is 163 g/mol. The average Bonchev–Trinajstić information content (AvgIpc) is 1.35. The lowest BCUT2D eigenvalue weighted by Gasteiger charge is -1.90. The molecular weight excluding hydrogens is 158 g/mol. The molecule has 0 rings (SSSR count). The minimum Gasteiger partial charge on any atom is -0.103 e. The van der Waals surface area contributed by atoms with Gasteiger partial charge in [-0.25, -0.2) is 0 Å². The molecule has 0 aromatic heterocycles. The molecule has 0 aliphatic carbocycles. The van der Waals surface area contributed by atoms with Crippen molar-refractivity contribution in [2.24, 2.45) is 0 Å². The molecule has 0 bridgehead atoms. The predicted octanol–water partition coefficient (Wildman–Crippen LogP) is 3.44. The molecule has 0 aromatic rings. The van der Waals surface area contributed by atoms with Crippen molar-refractivity contribution in [2.45, 2.75) is 6.92 Å². The van der Waals surface area contributed by atoms with Crippen LogP contribution in [0, 0.1) is 0 Å². The highest BCUT2D eigenvalue weighted by Crippen LogP contribution is 2.58. The molecule has 0 fully saturated rings. The van der Waals surface area contributed by atoms with E-state index in [1.165, 1.54) is 0 Å². The van der Waals surface area contributed by atoms with E-state index in [1.54, 1.807) is 11.4 Å². The van der Waals surface area contributed by atoms with E-state index in [2.05, 4.69) is 0 Å². The largest absolute Gasteiger partial charge is 0.145 e. The lowest BCUT2D eigenvalue weighted by molar-refractivity contribution is 1.54. The van der Waals surface area contributed by atoms with Crippen molar-refractivity contribution < 1.29 is 0 Å². The number of hydrogen-bond acceptors (Lipinski definition) is 1. The summed E-state index contributed by atoms with van der Waals surface area (Å²) in [6, 6.07) is 0. The van der Waals surface area contributed by atoms with Gasteiger partial charge in [0.2, 0.25) is 0 Å². The Kier molecular flexibility index (Phi) is 5.54. The monoisotopic (exact) mass is 162 g/mol. The van der Waals surface area contributed by atoms with Gasteiger partial charge in [0, 0.05) is 0 Å². The number of halogens is 2. The molecule has 0 spiro atoms. The summed E-state index contributed by atoms with van der Waals surface area (Å²) in [7, 11) is 0. The Morgan fingerprint density at radius 3 is 2.17 bits per heavy atom. The highest BCUT2D eigenvalue weighted by molar-refractivity contribution is 8.70. The van der Waals surface area contributed by atoms with Crippen molar-refractivity contribution in [2.75, 3.05) is 5.75 Å². The lowest BCUT2D eigenvalue weighted by atomic mass is 11.0. The van der Waals surface area contributed by atoms with Crippen LogP contribution < -0.4 is 0 Å². The third-order valence-electron chi connectivity index (χ3n) is 0.227. The van der Waals surface area contributed by atoms with Crippen molar-refractivity contribution in [3.05, 3.63) is 0 Å². The Morgan fingerprint density at radius 2 is 2.17 bits per heavy atom. The molecule has 0 N–H and O–H groups in total. The molecule has 0 radical (unpaired) electrons. The van der Waals surface area contributed by atoms with Gasteiger partial charge in [-0.05, 0) is 5.75 Å². The second-order valence-electron chi connectivity index (χ2n) is 0.620. The first-order valence-corrected chi connectivity index (χ1v) is 6.26. The predicted molar refractivity (Wildman–Crippen MR) is 36.8 cm³/mol. The molecule has 38 valence electrons. The van der Waals surface area contributed by atoms with Crippen molar-refractivity contribution in [3.8, 4) is 0 Å². The Hall–Kier alpha value is 1.36. The van der Waals surface area contributed by atoms with Crippen molar-refractivity contribution in [1.82, 2.24) is 0 Å². The number of hydrogen-bond donors (Lipinski definition) is 0. The van der Waals surface area contributed by atoms with E-state index in [1.807, 2.05) is 6.92 Å². The molecule has 0 heterocycles. The molecule has 0 aliphatic rings. The fourth-order valence-corrected chi connectivity index (χ4v) is 2.63. The van der Waals surface area contributed by atoms with Gasteiger partial charge in [-0.2, -0.15) is 0 Å². The first-order chi connectivity index (χ1) is 2.77. The third-order valence-corrected chi connectivity index (χ3v) is 3.80. The molecule has 0 atom stereocenters. The Morgan fingerprint density at radius 1 is 1.67 bits per heavy atom. The van der Waals surface area contributed by atoms with Gasteiger partial charge in [0.15, 0.2) is 0 Å². The van der Waals surface area contributed by atoms with E-state index in [0.717, 1.165) is 5.75 Å². The Balaban J connectivity index is 2.63. The van der Waals surface area contributed by atoms with Gasteiger partial charge in [-0.1, -0.05) is 29.4 Å². The minimum atomic E-state index is -0.739. The minimum absolute atomic E-state index is 0.739. The van der Waals surface area contributed by atoms with Crippen LogP contribution in [0.15, 0.2) is 0 Å². The van der Waals surface area contributed by atoms with Gasteiger partial charge >= 0.3 is 0 Å². The molecule has 0 saturated carbocycles. The molecule has 4 heteroatoms. The van der Waals surface area contributed by atoms with E-state index in [9.17, 15) is 0 Å². The maximum Gasteiger partial charge on any atom is 0.145 e. The van der Waals surface area contributed by atoms with Crippen LogP contribution in [0.4, 0.5) is 0 Å². The van der Waals surface area contributed by atoms with E-state index < -0.39 is 5.83 Å². The van der Waals surface area contributed by atoms with Crippen LogP contribution in [-0.2, 0) is 0 Å². The second-order valence-corrected chi connectivity index (χ2v) is 7.48. The molecule has 0 unspecified atom stereocenters. The summed E-state index contributed by atoms with van der Waals surface area (Å²) in [4.78, 5) is 0. The number of rotatable bonds is 2. The first kappa shape index (κ1) is 7.36. The quantitative estimate of drug-likeness (QED) is 0.561. The van der Waals surface area contributed by atoms with Gasteiger partial charge in [-0.3, -0.25) is 0 Å². The van der Waals surface area contributed by atoms with Crippen LogP contribution in [0.3, 0.4) is 0 Å². The highest BCUT2D eigenvalue weighted by Gasteiger charge is 1.92. The zero-order valence-corrected chi connectivity index (χ0v) is 6.54. The summed E-state index contributed by atoms with van der Waals surface area (Å²) in [5, 5.41) is 0. The summed E-state index contributed by atoms with van der Waals surface area (Å²) in [6.45, 7) is 2.03. The summed E-state index contributed by atoms with van der Waals surface area (Å²) < 4.78 is 0.